The van der Waals surface area contributed by atoms with Gasteiger partial charge in [0.25, 0.3) is 0 Å². The summed E-state index contributed by atoms with van der Waals surface area (Å²) >= 11 is 5.95. The number of nitrogens with one attached hydrogen (secondary N) is 2. The van der Waals surface area contributed by atoms with E-state index in [0.717, 1.165) is 42.4 Å². The van der Waals surface area contributed by atoms with E-state index in [1.54, 1.807) is 5.41 Å². The van der Waals surface area contributed by atoms with E-state index in [1.807, 2.05) is 19.0 Å². The average Bonchev–Trinajstić information content (AvgIpc) is 2.77. The Labute approximate surface area is 196 Å². The van der Waals surface area contributed by atoms with Gasteiger partial charge in [-0.15, -0.1) is 12.6 Å². The molecule has 1 saturated heterocycles. The van der Waals surface area contributed by atoms with E-state index in [2.05, 4.69) is 84.7 Å². The summed E-state index contributed by atoms with van der Waals surface area (Å²) in [6, 6.07) is 12.7. The summed E-state index contributed by atoms with van der Waals surface area (Å²) < 4.78 is 2.45. The largest absolute Gasteiger partial charge is 0.398 e. The van der Waals surface area contributed by atoms with Crippen LogP contribution in [0.1, 0.15) is 50.8 Å². The zero-order valence-corrected chi connectivity index (χ0v) is 20.7. The molecule has 0 amide bonds. The number of rotatable bonds is 7. The van der Waals surface area contributed by atoms with Gasteiger partial charge in [0.1, 0.15) is 5.82 Å². The van der Waals surface area contributed by atoms with Crippen LogP contribution in [-0.2, 0) is 0 Å². The van der Waals surface area contributed by atoms with Crippen molar-refractivity contribution >= 4 is 41.8 Å². The number of hydrogen-bond acceptors (Lipinski definition) is 7. The summed E-state index contributed by atoms with van der Waals surface area (Å²) in [4.78, 5) is 6.18. The summed E-state index contributed by atoms with van der Waals surface area (Å²) in [5.74, 6) is 1.36. The van der Waals surface area contributed by atoms with Gasteiger partial charge in [-0.1, -0.05) is 32.9 Å². The van der Waals surface area contributed by atoms with Crippen LogP contribution >= 0.6 is 24.6 Å². The molecule has 1 atom stereocenters. The zero-order chi connectivity index (χ0) is 22.4. The fourth-order valence-electron chi connectivity index (χ4n) is 3.59. The molecule has 168 valence electrons. The van der Waals surface area contributed by atoms with Crippen molar-refractivity contribution in [2.24, 2.45) is 11.1 Å². The minimum absolute atomic E-state index is 0.220. The Kier molecular flexibility index (Phi) is 8.19. The first-order valence-electron chi connectivity index (χ1n) is 10.8. The number of thiol groups is 1. The smallest absolute Gasteiger partial charge is 0.149 e. The van der Waals surface area contributed by atoms with Gasteiger partial charge in [0.15, 0.2) is 0 Å². The maximum Gasteiger partial charge on any atom is 0.149 e. The highest BCUT2D eigenvalue weighted by Gasteiger charge is 2.24. The Hall–Kier alpha value is -1.83. The molecule has 1 aliphatic rings. The van der Waals surface area contributed by atoms with E-state index in [-0.39, 0.29) is 5.41 Å². The van der Waals surface area contributed by atoms with Gasteiger partial charge in [-0.25, -0.2) is 9.29 Å². The molecule has 3 rings (SSSR count). The minimum atomic E-state index is 0.220. The molecule has 0 saturated carbocycles. The summed E-state index contributed by atoms with van der Waals surface area (Å²) in [6.45, 7) is 9.69. The Bertz CT molecular complexity index is 890. The highest BCUT2D eigenvalue weighted by Crippen LogP contribution is 2.34. The quantitative estimate of drug-likeness (QED) is 0.318. The standard InChI is InChI=1S/C24H35N5S2/c1-24(2,3)16-27-22-12-11-21(28-23(22)26-4)18-6-5-13-29(14-18)31-19-9-7-17(8-10-19)20(25)15-30/h7-12,15,18,27,30H,5-6,13-14,16,25H2,1-4H3,(H,26,28)/b20-15-. The molecule has 1 fully saturated rings. The van der Waals surface area contributed by atoms with Crippen molar-refractivity contribution < 1.29 is 0 Å². The van der Waals surface area contributed by atoms with Crippen molar-refractivity contribution in [2.45, 2.75) is 44.4 Å². The fraction of sp³-hybridized carbons (Fsp3) is 0.458. The molecule has 0 aliphatic carbocycles. The predicted molar refractivity (Wildman–Crippen MR) is 139 cm³/mol. The van der Waals surface area contributed by atoms with Crippen LogP contribution in [0.25, 0.3) is 5.70 Å². The lowest BCUT2D eigenvalue weighted by atomic mass is 9.95. The van der Waals surface area contributed by atoms with Crippen LogP contribution in [0.4, 0.5) is 11.5 Å². The van der Waals surface area contributed by atoms with Crippen LogP contribution in [0.3, 0.4) is 0 Å². The van der Waals surface area contributed by atoms with E-state index in [4.69, 9.17) is 10.7 Å². The number of piperidine rings is 1. The molecule has 1 unspecified atom stereocenters. The number of anilines is 2. The topological polar surface area (TPSA) is 66.2 Å². The van der Waals surface area contributed by atoms with E-state index in [9.17, 15) is 0 Å². The van der Waals surface area contributed by atoms with Crippen LogP contribution in [0, 0.1) is 5.41 Å². The third-order valence-electron chi connectivity index (χ3n) is 5.33. The van der Waals surface area contributed by atoms with Crippen molar-refractivity contribution in [1.82, 2.24) is 9.29 Å². The first-order valence-corrected chi connectivity index (χ1v) is 12.1. The average molecular weight is 458 g/mol. The second kappa shape index (κ2) is 10.7. The van der Waals surface area contributed by atoms with E-state index >= 15 is 0 Å². The summed E-state index contributed by atoms with van der Waals surface area (Å²) in [5.41, 5.74) is 10.1. The summed E-state index contributed by atoms with van der Waals surface area (Å²) in [6.07, 6.45) is 2.34. The van der Waals surface area contributed by atoms with Crippen LogP contribution in [-0.4, -0.2) is 36.0 Å². The van der Waals surface area contributed by atoms with Gasteiger partial charge >= 0.3 is 0 Å². The first-order chi connectivity index (χ1) is 14.8. The number of benzene rings is 1. The van der Waals surface area contributed by atoms with Crippen molar-refractivity contribution in [3.05, 3.63) is 53.1 Å². The number of aromatic nitrogens is 1. The molecule has 0 bridgehead atoms. The zero-order valence-electron chi connectivity index (χ0n) is 19.0. The molecule has 31 heavy (non-hydrogen) atoms. The van der Waals surface area contributed by atoms with Crippen LogP contribution < -0.4 is 16.4 Å². The second-order valence-electron chi connectivity index (χ2n) is 9.22. The molecule has 4 N–H and O–H groups in total. The third kappa shape index (κ3) is 6.82. The molecular weight excluding hydrogens is 422 g/mol. The Morgan fingerprint density at radius 2 is 2.00 bits per heavy atom. The number of hydrogen-bond donors (Lipinski definition) is 4. The van der Waals surface area contributed by atoms with Crippen LogP contribution in [0.15, 0.2) is 46.7 Å². The molecule has 1 aliphatic heterocycles. The number of nitrogens with two attached hydrogens (primary N) is 1. The molecule has 1 aromatic heterocycles. The second-order valence-corrected chi connectivity index (χ2v) is 10.7. The van der Waals surface area contributed by atoms with Crippen molar-refractivity contribution in [1.29, 1.82) is 0 Å². The summed E-state index contributed by atoms with van der Waals surface area (Å²) in [7, 11) is 1.94. The van der Waals surface area contributed by atoms with E-state index < -0.39 is 0 Å². The minimum Gasteiger partial charge on any atom is -0.398 e. The maximum atomic E-state index is 5.94. The normalized spacial score (nSPS) is 18.1. The highest BCUT2D eigenvalue weighted by molar-refractivity contribution is 7.97. The Morgan fingerprint density at radius 3 is 2.65 bits per heavy atom. The van der Waals surface area contributed by atoms with Gasteiger partial charge in [-0.2, -0.15) is 0 Å². The molecular formula is C24H35N5S2. The lowest BCUT2D eigenvalue weighted by molar-refractivity contribution is 0.339. The predicted octanol–water partition coefficient (Wildman–Crippen LogP) is 5.65. The monoisotopic (exact) mass is 457 g/mol. The van der Waals surface area contributed by atoms with Crippen molar-refractivity contribution in [3.63, 3.8) is 0 Å². The van der Waals surface area contributed by atoms with Gasteiger partial charge in [-0.05, 0) is 65.4 Å². The molecule has 2 heterocycles. The van der Waals surface area contributed by atoms with E-state index in [1.165, 1.54) is 17.7 Å². The molecule has 0 radical (unpaired) electrons. The van der Waals surface area contributed by atoms with E-state index in [0.29, 0.717) is 11.6 Å². The lowest BCUT2D eigenvalue weighted by Crippen LogP contribution is -2.29. The number of nitrogens with zero attached hydrogens (tertiary/aromatic N) is 2. The Balaban J connectivity index is 1.65. The van der Waals surface area contributed by atoms with Crippen LogP contribution in [0.5, 0.6) is 0 Å². The third-order valence-corrected chi connectivity index (χ3v) is 6.68. The van der Waals surface area contributed by atoms with Crippen molar-refractivity contribution in [3.8, 4) is 0 Å². The molecule has 0 spiro atoms. The first kappa shape index (κ1) is 23.8. The van der Waals surface area contributed by atoms with Gasteiger partial charge in [0.05, 0.1) is 5.69 Å². The van der Waals surface area contributed by atoms with Gasteiger partial charge in [0, 0.05) is 48.9 Å². The molecule has 2 aromatic rings. The highest BCUT2D eigenvalue weighted by atomic mass is 32.2. The molecule has 7 heteroatoms. The Morgan fingerprint density at radius 1 is 1.26 bits per heavy atom. The number of pyridine rings is 1. The van der Waals surface area contributed by atoms with Gasteiger partial charge in [-0.3, -0.25) is 0 Å². The van der Waals surface area contributed by atoms with Crippen LogP contribution in [0.2, 0.25) is 0 Å². The van der Waals surface area contributed by atoms with Gasteiger partial charge in [0.2, 0.25) is 0 Å². The molecule has 5 nitrogen and oxygen atoms in total. The summed E-state index contributed by atoms with van der Waals surface area (Å²) in [5, 5.41) is 8.44. The lowest BCUT2D eigenvalue weighted by Gasteiger charge is -2.31. The SMILES string of the molecule is CNc1nc(C2CCCN(Sc3ccc(/C(N)=C/S)cc3)C2)ccc1NCC(C)(C)C. The molecule has 1 aromatic carbocycles. The van der Waals surface area contributed by atoms with Crippen molar-refractivity contribution in [2.75, 3.05) is 37.3 Å². The van der Waals surface area contributed by atoms with Gasteiger partial charge < -0.3 is 16.4 Å². The maximum absolute atomic E-state index is 5.94. The fourth-order valence-corrected chi connectivity index (χ4v) is 4.77.